The summed E-state index contributed by atoms with van der Waals surface area (Å²) in [5, 5.41) is 23.8. The van der Waals surface area contributed by atoms with Gasteiger partial charge in [-0.2, -0.15) is 10.4 Å². The molecule has 1 heterocycles. The average molecular weight is 276 g/mol. The molecule has 2 rings (SSSR count). The van der Waals surface area contributed by atoms with Crippen molar-refractivity contribution in [1.82, 2.24) is 9.78 Å². The molecule has 98 valence electrons. The maximum atomic E-state index is 10.2. The molecule has 1 atom stereocenters. The van der Waals surface area contributed by atoms with Crippen LogP contribution in [0.4, 0.5) is 0 Å². The van der Waals surface area contributed by atoms with E-state index in [2.05, 4.69) is 5.10 Å². The first-order valence-corrected chi connectivity index (χ1v) is 6.27. The Labute approximate surface area is 116 Å². The van der Waals surface area contributed by atoms with Crippen LogP contribution < -0.4 is 0 Å². The molecule has 0 bridgehead atoms. The van der Waals surface area contributed by atoms with Crippen LogP contribution in [0.25, 0.3) is 0 Å². The molecule has 0 aliphatic carbocycles. The van der Waals surface area contributed by atoms with Gasteiger partial charge in [-0.25, -0.2) is 0 Å². The molecular formula is C14H14ClN3O. The van der Waals surface area contributed by atoms with Gasteiger partial charge in [0.15, 0.2) is 0 Å². The molecule has 0 aliphatic heterocycles. The molecule has 19 heavy (non-hydrogen) atoms. The van der Waals surface area contributed by atoms with Crippen molar-refractivity contribution >= 4 is 11.6 Å². The molecule has 4 nitrogen and oxygen atoms in total. The molecule has 0 saturated heterocycles. The third-order valence-corrected chi connectivity index (χ3v) is 3.56. The van der Waals surface area contributed by atoms with E-state index >= 15 is 0 Å². The molecule has 5 heteroatoms. The Morgan fingerprint density at radius 2 is 2.05 bits per heavy atom. The number of aromatic nitrogens is 2. The Morgan fingerprint density at radius 3 is 2.53 bits per heavy atom. The van der Waals surface area contributed by atoms with Crippen LogP contribution in [0.2, 0.25) is 5.02 Å². The van der Waals surface area contributed by atoms with E-state index in [4.69, 9.17) is 16.9 Å². The van der Waals surface area contributed by atoms with Crippen LogP contribution in [0, 0.1) is 18.3 Å². The van der Waals surface area contributed by atoms with E-state index in [9.17, 15) is 5.11 Å². The fourth-order valence-corrected chi connectivity index (χ4v) is 2.22. The molecule has 0 radical (unpaired) electrons. The number of rotatable bonds is 3. The van der Waals surface area contributed by atoms with Crippen LogP contribution in [-0.4, -0.2) is 14.9 Å². The summed E-state index contributed by atoms with van der Waals surface area (Å²) in [6.07, 6.45) is -0.276. The molecule has 0 fully saturated rings. The fourth-order valence-electron chi connectivity index (χ4n) is 1.98. The molecule has 0 aliphatic rings. The quantitative estimate of drug-likeness (QED) is 0.936. The number of nitriles is 1. The van der Waals surface area contributed by atoms with Crippen molar-refractivity contribution in [3.63, 3.8) is 0 Å². The van der Waals surface area contributed by atoms with E-state index < -0.39 is 6.10 Å². The number of hydrogen-bond acceptors (Lipinski definition) is 3. The van der Waals surface area contributed by atoms with Crippen LogP contribution in [0.15, 0.2) is 24.3 Å². The van der Waals surface area contributed by atoms with Crippen molar-refractivity contribution in [2.24, 2.45) is 7.05 Å². The third-order valence-electron chi connectivity index (χ3n) is 3.07. The summed E-state index contributed by atoms with van der Waals surface area (Å²) in [4.78, 5) is 0. The molecular weight excluding hydrogens is 262 g/mol. The number of hydrogen-bond donors (Lipinski definition) is 1. The predicted molar refractivity (Wildman–Crippen MR) is 72.8 cm³/mol. The van der Waals surface area contributed by atoms with Crippen LogP contribution in [0.5, 0.6) is 0 Å². The zero-order chi connectivity index (χ0) is 14.0. The van der Waals surface area contributed by atoms with Crippen molar-refractivity contribution < 1.29 is 5.11 Å². The monoisotopic (exact) mass is 275 g/mol. The predicted octanol–water partition coefficient (Wildman–Crippen LogP) is 2.53. The van der Waals surface area contributed by atoms with E-state index in [0.29, 0.717) is 17.0 Å². The minimum Gasteiger partial charge on any atom is -0.388 e. The standard InChI is InChI=1S/C14H14ClN3O/c1-9-14(15)12(18(2)17-9)7-13(19)11-5-3-10(8-16)4-6-11/h3-6,13,19H,7H2,1-2H3. The van der Waals surface area contributed by atoms with Gasteiger partial charge in [0.2, 0.25) is 0 Å². The molecule has 1 unspecified atom stereocenters. The number of halogens is 1. The van der Waals surface area contributed by atoms with E-state index in [-0.39, 0.29) is 0 Å². The first-order chi connectivity index (χ1) is 9.02. The summed E-state index contributed by atoms with van der Waals surface area (Å²) in [6, 6.07) is 8.93. The van der Waals surface area contributed by atoms with E-state index in [1.165, 1.54) is 0 Å². The van der Waals surface area contributed by atoms with Crippen molar-refractivity contribution in [3.8, 4) is 6.07 Å². The normalized spacial score (nSPS) is 12.2. The maximum Gasteiger partial charge on any atom is 0.0991 e. The Balaban J connectivity index is 2.20. The number of benzene rings is 1. The lowest BCUT2D eigenvalue weighted by atomic mass is 10.0. The van der Waals surface area contributed by atoms with Crippen LogP contribution >= 0.6 is 11.6 Å². The van der Waals surface area contributed by atoms with Gasteiger partial charge in [0.05, 0.1) is 34.1 Å². The fraction of sp³-hybridized carbons (Fsp3) is 0.286. The largest absolute Gasteiger partial charge is 0.388 e. The summed E-state index contributed by atoms with van der Waals surface area (Å²) in [6.45, 7) is 1.83. The molecule has 0 spiro atoms. The second-order valence-electron chi connectivity index (χ2n) is 4.42. The van der Waals surface area contributed by atoms with Gasteiger partial charge in [0.25, 0.3) is 0 Å². The van der Waals surface area contributed by atoms with Crippen LogP contribution in [0.1, 0.15) is 28.6 Å². The second-order valence-corrected chi connectivity index (χ2v) is 4.80. The first-order valence-electron chi connectivity index (χ1n) is 5.89. The summed E-state index contributed by atoms with van der Waals surface area (Å²) in [5.41, 5.74) is 2.89. The van der Waals surface area contributed by atoms with E-state index in [0.717, 1.165) is 17.0 Å². The lowest BCUT2D eigenvalue weighted by molar-refractivity contribution is 0.176. The summed E-state index contributed by atoms with van der Waals surface area (Å²) < 4.78 is 1.69. The Hall–Kier alpha value is -1.83. The highest BCUT2D eigenvalue weighted by Gasteiger charge is 2.16. The number of nitrogens with zero attached hydrogens (tertiary/aromatic N) is 3. The zero-order valence-electron chi connectivity index (χ0n) is 10.8. The number of aryl methyl sites for hydroxylation is 2. The van der Waals surface area contributed by atoms with E-state index in [1.54, 1.807) is 36.0 Å². The Bertz CT molecular complexity index is 625. The summed E-state index contributed by atoms with van der Waals surface area (Å²) >= 11 is 6.16. The molecule has 1 aromatic heterocycles. The molecule has 1 N–H and O–H groups in total. The highest BCUT2D eigenvalue weighted by Crippen LogP contribution is 2.25. The van der Waals surface area contributed by atoms with E-state index in [1.807, 2.05) is 13.0 Å². The minimum atomic E-state index is -0.667. The number of aliphatic hydroxyl groups is 1. The zero-order valence-corrected chi connectivity index (χ0v) is 11.5. The smallest absolute Gasteiger partial charge is 0.0991 e. The minimum absolute atomic E-state index is 0.391. The molecule has 0 amide bonds. The van der Waals surface area contributed by atoms with Gasteiger partial charge in [-0.05, 0) is 24.6 Å². The average Bonchev–Trinajstić information content (AvgIpc) is 2.65. The first kappa shape index (κ1) is 13.6. The van der Waals surface area contributed by atoms with Crippen LogP contribution in [0.3, 0.4) is 0 Å². The van der Waals surface area contributed by atoms with Gasteiger partial charge in [0, 0.05) is 13.5 Å². The maximum absolute atomic E-state index is 10.2. The third kappa shape index (κ3) is 2.78. The topological polar surface area (TPSA) is 61.8 Å². The van der Waals surface area contributed by atoms with Gasteiger partial charge >= 0.3 is 0 Å². The second kappa shape index (κ2) is 5.43. The van der Waals surface area contributed by atoms with Crippen LogP contribution in [-0.2, 0) is 13.5 Å². The van der Waals surface area contributed by atoms with Gasteiger partial charge in [-0.3, -0.25) is 4.68 Å². The summed E-state index contributed by atoms with van der Waals surface area (Å²) in [5.74, 6) is 0. The molecule has 0 saturated carbocycles. The van der Waals surface area contributed by atoms with Crippen molar-refractivity contribution in [2.75, 3.05) is 0 Å². The van der Waals surface area contributed by atoms with Gasteiger partial charge in [-0.1, -0.05) is 23.7 Å². The Morgan fingerprint density at radius 1 is 1.42 bits per heavy atom. The lowest BCUT2D eigenvalue weighted by Gasteiger charge is -2.11. The van der Waals surface area contributed by atoms with Gasteiger partial charge in [-0.15, -0.1) is 0 Å². The molecule has 1 aromatic carbocycles. The van der Waals surface area contributed by atoms with Crippen molar-refractivity contribution in [1.29, 1.82) is 5.26 Å². The molecule has 2 aromatic rings. The Kier molecular flexibility index (Phi) is 3.89. The lowest BCUT2D eigenvalue weighted by Crippen LogP contribution is -2.06. The summed E-state index contributed by atoms with van der Waals surface area (Å²) in [7, 11) is 1.81. The van der Waals surface area contributed by atoms with Crippen molar-refractivity contribution in [2.45, 2.75) is 19.4 Å². The highest BCUT2D eigenvalue weighted by molar-refractivity contribution is 6.31. The highest BCUT2D eigenvalue weighted by atomic mass is 35.5. The van der Waals surface area contributed by atoms with Crippen molar-refractivity contribution in [3.05, 3.63) is 51.8 Å². The SMILES string of the molecule is Cc1nn(C)c(CC(O)c2ccc(C#N)cc2)c1Cl. The number of aliphatic hydroxyl groups excluding tert-OH is 1. The van der Waals surface area contributed by atoms with Gasteiger partial charge < -0.3 is 5.11 Å². The van der Waals surface area contributed by atoms with Gasteiger partial charge in [0.1, 0.15) is 0 Å².